The maximum atomic E-state index is 3.99. The summed E-state index contributed by atoms with van der Waals surface area (Å²) >= 11 is 0. The van der Waals surface area contributed by atoms with Crippen molar-refractivity contribution in [2.24, 2.45) is 0 Å². The zero-order valence-electron chi connectivity index (χ0n) is 11.3. The smallest absolute Gasteiger partial charge is 0.0373 e. The first-order valence-corrected chi connectivity index (χ1v) is 6.25. The number of piperazine rings is 1. The molecule has 16 heavy (non-hydrogen) atoms. The van der Waals surface area contributed by atoms with Gasteiger partial charge in [0.2, 0.25) is 0 Å². The van der Waals surface area contributed by atoms with Gasteiger partial charge in [0.15, 0.2) is 0 Å². The Hall–Kier alpha value is -0.380. The Balaban J connectivity index is 2.52. The lowest BCUT2D eigenvalue weighted by molar-refractivity contribution is 0.0875. The quantitative estimate of drug-likeness (QED) is 0.709. The van der Waals surface area contributed by atoms with Crippen LogP contribution in [0.3, 0.4) is 0 Å². The molecule has 1 saturated heterocycles. The molecule has 1 aliphatic rings. The zero-order valence-corrected chi connectivity index (χ0v) is 11.3. The van der Waals surface area contributed by atoms with Gasteiger partial charge >= 0.3 is 0 Å². The van der Waals surface area contributed by atoms with Gasteiger partial charge in [-0.05, 0) is 40.9 Å². The number of nitrogens with one attached hydrogen (secondary N) is 1. The molecule has 1 aliphatic heterocycles. The predicted molar refractivity (Wildman–Crippen MR) is 70.8 cm³/mol. The molecule has 0 spiro atoms. The predicted octanol–water partition coefficient (Wildman–Crippen LogP) is 1.18. The first kappa shape index (κ1) is 13.7. The van der Waals surface area contributed by atoms with Crippen LogP contribution in [0.5, 0.6) is 0 Å². The molecule has 0 aliphatic carbocycles. The van der Waals surface area contributed by atoms with Gasteiger partial charge in [0, 0.05) is 31.7 Å². The van der Waals surface area contributed by atoms with Crippen LogP contribution in [0, 0.1) is 0 Å². The van der Waals surface area contributed by atoms with Crippen molar-refractivity contribution in [3.8, 4) is 0 Å². The molecule has 0 aromatic heterocycles. The van der Waals surface area contributed by atoms with E-state index in [0.29, 0.717) is 12.1 Å². The molecule has 2 unspecified atom stereocenters. The summed E-state index contributed by atoms with van der Waals surface area (Å²) in [6, 6.07) is 1.20. The second-order valence-corrected chi connectivity index (χ2v) is 5.20. The number of hydrogen-bond acceptors (Lipinski definition) is 3. The standard InChI is InChI=1S/C13H27N3/c1-11(2)6-7-12(14-3)13-10-15(4)8-9-16(13)5/h12-14H,1,6-10H2,2-5H3. The number of allylic oxidation sites excluding steroid dienone is 1. The number of likely N-dealkylation sites (N-methyl/N-ethyl adjacent to an activating group) is 3. The minimum Gasteiger partial charge on any atom is -0.315 e. The maximum absolute atomic E-state index is 3.99. The van der Waals surface area contributed by atoms with Gasteiger partial charge in [0.25, 0.3) is 0 Å². The van der Waals surface area contributed by atoms with Crippen LogP contribution in [0.25, 0.3) is 0 Å². The Kier molecular flexibility index (Phi) is 5.46. The van der Waals surface area contributed by atoms with Gasteiger partial charge in [-0.2, -0.15) is 0 Å². The second-order valence-electron chi connectivity index (χ2n) is 5.20. The van der Waals surface area contributed by atoms with Crippen LogP contribution in [-0.4, -0.2) is 62.7 Å². The van der Waals surface area contributed by atoms with Crippen molar-refractivity contribution in [3.05, 3.63) is 12.2 Å². The summed E-state index contributed by atoms with van der Waals surface area (Å²) in [5.74, 6) is 0. The van der Waals surface area contributed by atoms with Gasteiger partial charge in [-0.1, -0.05) is 5.57 Å². The number of rotatable bonds is 5. The second kappa shape index (κ2) is 6.38. The van der Waals surface area contributed by atoms with Crippen LogP contribution in [0.2, 0.25) is 0 Å². The molecule has 0 amide bonds. The summed E-state index contributed by atoms with van der Waals surface area (Å²) in [5.41, 5.74) is 1.28. The molecule has 0 radical (unpaired) electrons. The highest BCUT2D eigenvalue weighted by Gasteiger charge is 2.28. The largest absolute Gasteiger partial charge is 0.315 e. The van der Waals surface area contributed by atoms with Crippen molar-refractivity contribution >= 4 is 0 Å². The molecular formula is C13H27N3. The highest BCUT2D eigenvalue weighted by atomic mass is 15.3. The summed E-state index contributed by atoms with van der Waals surface area (Å²) in [4.78, 5) is 4.91. The fraction of sp³-hybridized carbons (Fsp3) is 0.846. The topological polar surface area (TPSA) is 18.5 Å². The van der Waals surface area contributed by atoms with E-state index in [9.17, 15) is 0 Å². The lowest BCUT2D eigenvalue weighted by atomic mass is 9.98. The van der Waals surface area contributed by atoms with E-state index in [1.807, 2.05) is 0 Å². The Bertz CT molecular complexity index is 227. The summed E-state index contributed by atoms with van der Waals surface area (Å²) < 4.78 is 0. The third-order valence-corrected chi connectivity index (χ3v) is 3.62. The van der Waals surface area contributed by atoms with E-state index in [2.05, 4.69) is 49.8 Å². The normalized spacial score (nSPS) is 25.6. The van der Waals surface area contributed by atoms with Crippen molar-refractivity contribution < 1.29 is 0 Å². The molecular weight excluding hydrogens is 198 g/mol. The Labute approximate surface area is 100 Å². The lowest BCUT2D eigenvalue weighted by Gasteiger charge is -2.42. The molecule has 3 nitrogen and oxygen atoms in total. The van der Waals surface area contributed by atoms with Crippen LogP contribution in [-0.2, 0) is 0 Å². The summed E-state index contributed by atoms with van der Waals surface area (Å²) in [7, 11) is 6.53. The number of nitrogens with zero attached hydrogens (tertiary/aromatic N) is 2. The molecule has 0 aromatic rings. The van der Waals surface area contributed by atoms with E-state index in [1.165, 1.54) is 25.1 Å². The molecule has 94 valence electrons. The third kappa shape index (κ3) is 3.89. The SMILES string of the molecule is C=C(C)CCC(NC)C1CN(C)CCN1C. The minimum absolute atomic E-state index is 0.574. The summed E-state index contributed by atoms with van der Waals surface area (Å²) in [6.07, 6.45) is 2.31. The van der Waals surface area contributed by atoms with Crippen LogP contribution in [0.15, 0.2) is 12.2 Å². The van der Waals surface area contributed by atoms with Gasteiger partial charge in [-0.3, -0.25) is 4.90 Å². The van der Waals surface area contributed by atoms with Crippen molar-refractivity contribution in [2.45, 2.75) is 31.8 Å². The molecule has 1 fully saturated rings. The molecule has 0 bridgehead atoms. The Morgan fingerprint density at radius 2 is 2.12 bits per heavy atom. The van der Waals surface area contributed by atoms with E-state index in [0.717, 1.165) is 13.0 Å². The van der Waals surface area contributed by atoms with E-state index in [4.69, 9.17) is 0 Å². The lowest BCUT2D eigenvalue weighted by Crippen LogP contribution is -2.58. The van der Waals surface area contributed by atoms with Crippen molar-refractivity contribution in [1.82, 2.24) is 15.1 Å². The maximum Gasteiger partial charge on any atom is 0.0373 e. The van der Waals surface area contributed by atoms with Crippen molar-refractivity contribution in [2.75, 3.05) is 40.8 Å². The van der Waals surface area contributed by atoms with Crippen molar-refractivity contribution in [3.63, 3.8) is 0 Å². The van der Waals surface area contributed by atoms with Gasteiger partial charge in [0.1, 0.15) is 0 Å². The highest BCUT2D eigenvalue weighted by molar-refractivity contribution is 4.94. The molecule has 1 heterocycles. The molecule has 2 atom stereocenters. The highest BCUT2D eigenvalue weighted by Crippen LogP contribution is 2.15. The monoisotopic (exact) mass is 225 g/mol. The number of hydrogen-bond donors (Lipinski definition) is 1. The average molecular weight is 225 g/mol. The van der Waals surface area contributed by atoms with Crippen LogP contribution in [0.4, 0.5) is 0 Å². The van der Waals surface area contributed by atoms with E-state index >= 15 is 0 Å². The van der Waals surface area contributed by atoms with Gasteiger partial charge in [-0.15, -0.1) is 6.58 Å². The molecule has 1 N–H and O–H groups in total. The minimum atomic E-state index is 0.574. The van der Waals surface area contributed by atoms with Crippen LogP contribution < -0.4 is 5.32 Å². The fourth-order valence-electron chi connectivity index (χ4n) is 2.41. The first-order chi connectivity index (χ1) is 7.54. The van der Waals surface area contributed by atoms with Gasteiger partial charge < -0.3 is 10.2 Å². The van der Waals surface area contributed by atoms with E-state index in [-0.39, 0.29) is 0 Å². The van der Waals surface area contributed by atoms with Crippen LogP contribution in [0.1, 0.15) is 19.8 Å². The van der Waals surface area contributed by atoms with E-state index in [1.54, 1.807) is 0 Å². The van der Waals surface area contributed by atoms with Gasteiger partial charge in [0.05, 0.1) is 0 Å². The first-order valence-electron chi connectivity index (χ1n) is 6.25. The van der Waals surface area contributed by atoms with Crippen LogP contribution >= 0.6 is 0 Å². The Morgan fingerprint density at radius 3 is 2.69 bits per heavy atom. The molecule has 3 heteroatoms. The third-order valence-electron chi connectivity index (χ3n) is 3.62. The summed E-state index contributed by atoms with van der Waals surface area (Å²) in [6.45, 7) is 9.63. The molecule has 0 saturated carbocycles. The molecule has 0 aromatic carbocycles. The van der Waals surface area contributed by atoms with E-state index < -0.39 is 0 Å². The average Bonchev–Trinajstić information content (AvgIpc) is 2.23. The summed E-state index contributed by atoms with van der Waals surface area (Å²) in [5, 5.41) is 3.47. The van der Waals surface area contributed by atoms with Crippen molar-refractivity contribution in [1.29, 1.82) is 0 Å². The van der Waals surface area contributed by atoms with Gasteiger partial charge in [-0.25, -0.2) is 0 Å². The fourth-order valence-corrected chi connectivity index (χ4v) is 2.41. The zero-order chi connectivity index (χ0) is 12.1. The Morgan fingerprint density at radius 1 is 1.44 bits per heavy atom. The molecule has 1 rings (SSSR count).